The smallest absolute Gasteiger partial charge is 0.328 e. The van der Waals surface area contributed by atoms with E-state index in [2.05, 4.69) is 16.0 Å². The van der Waals surface area contributed by atoms with Crippen LogP contribution in [0.5, 0.6) is 0 Å². The number of hydrogen-bond donors (Lipinski definition) is 7. The second-order valence-electron chi connectivity index (χ2n) is 7.53. The summed E-state index contributed by atoms with van der Waals surface area (Å²) >= 11 is 0. The monoisotopic (exact) mass is 432 g/mol. The van der Waals surface area contributed by atoms with Crippen molar-refractivity contribution in [3.05, 3.63) is 0 Å². The molecule has 5 atom stereocenters. The van der Waals surface area contributed by atoms with Gasteiger partial charge in [-0.2, -0.15) is 0 Å². The van der Waals surface area contributed by atoms with Crippen LogP contribution in [0.15, 0.2) is 0 Å². The van der Waals surface area contributed by atoms with Gasteiger partial charge in [-0.05, 0) is 32.6 Å². The van der Waals surface area contributed by atoms with E-state index in [0.717, 1.165) is 0 Å². The molecular weight excluding hydrogens is 400 g/mol. The van der Waals surface area contributed by atoms with Crippen LogP contribution in [0.2, 0.25) is 0 Å². The van der Waals surface area contributed by atoms with E-state index in [1.54, 1.807) is 0 Å². The summed E-state index contributed by atoms with van der Waals surface area (Å²) in [4.78, 5) is 58.6. The molecule has 0 spiro atoms. The van der Waals surface area contributed by atoms with E-state index in [4.69, 9.17) is 15.9 Å². The summed E-state index contributed by atoms with van der Waals surface area (Å²) < 4.78 is 0. The van der Waals surface area contributed by atoms with Gasteiger partial charge in [-0.25, -0.2) is 4.79 Å². The molecule has 0 fully saturated rings. The first-order valence-electron chi connectivity index (χ1n) is 9.55. The van der Waals surface area contributed by atoms with E-state index in [-0.39, 0.29) is 25.2 Å². The second-order valence-corrected chi connectivity index (χ2v) is 7.53. The summed E-state index contributed by atoms with van der Waals surface area (Å²) in [6.45, 7) is 6.14. The van der Waals surface area contributed by atoms with Gasteiger partial charge in [-0.15, -0.1) is 0 Å². The molecule has 0 aliphatic carbocycles. The Balaban J connectivity index is 5.05. The van der Waals surface area contributed by atoms with Gasteiger partial charge in [0.2, 0.25) is 17.7 Å². The average molecular weight is 432 g/mol. The van der Waals surface area contributed by atoms with Crippen LogP contribution in [0.4, 0.5) is 0 Å². The molecule has 8 N–H and O–H groups in total. The second kappa shape index (κ2) is 12.8. The molecule has 0 saturated heterocycles. The molecule has 0 aliphatic rings. The zero-order valence-corrected chi connectivity index (χ0v) is 17.5. The van der Waals surface area contributed by atoms with Gasteiger partial charge in [-0.1, -0.05) is 13.8 Å². The summed E-state index contributed by atoms with van der Waals surface area (Å²) in [6, 6.07) is -4.84. The first-order chi connectivity index (χ1) is 13.8. The Bertz CT molecular complexity index is 638. The fourth-order valence-electron chi connectivity index (χ4n) is 2.44. The minimum atomic E-state index is -1.55. The van der Waals surface area contributed by atoms with Crippen LogP contribution < -0.4 is 21.7 Å². The van der Waals surface area contributed by atoms with Gasteiger partial charge in [0.05, 0.1) is 12.1 Å². The number of aliphatic hydroxyl groups excluding tert-OH is 1. The highest BCUT2D eigenvalue weighted by Gasteiger charge is 2.30. The molecule has 30 heavy (non-hydrogen) atoms. The van der Waals surface area contributed by atoms with Gasteiger partial charge in [0.25, 0.3) is 0 Å². The Morgan fingerprint density at radius 2 is 1.43 bits per heavy atom. The van der Waals surface area contributed by atoms with Crippen molar-refractivity contribution < 1.29 is 39.3 Å². The highest BCUT2D eigenvalue weighted by atomic mass is 16.4. The Morgan fingerprint density at radius 1 is 0.867 bits per heavy atom. The number of carboxylic acids is 2. The molecule has 0 rings (SSSR count). The van der Waals surface area contributed by atoms with Gasteiger partial charge < -0.3 is 37.0 Å². The molecule has 172 valence electrons. The number of nitrogens with two attached hydrogens (primary N) is 1. The largest absolute Gasteiger partial charge is 0.481 e. The summed E-state index contributed by atoms with van der Waals surface area (Å²) in [5, 5.41) is 34.1. The van der Waals surface area contributed by atoms with Crippen LogP contribution in [-0.2, 0) is 24.0 Å². The highest BCUT2D eigenvalue weighted by molar-refractivity contribution is 5.94. The van der Waals surface area contributed by atoms with Gasteiger partial charge in [0.15, 0.2) is 6.04 Å². The highest BCUT2D eigenvalue weighted by Crippen LogP contribution is 2.07. The molecule has 0 heterocycles. The van der Waals surface area contributed by atoms with E-state index >= 15 is 0 Å². The molecule has 0 radical (unpaired) electrons. The first kappa shape index (κ1) is 27.3. The SMILES string of the molecule is CC(C)C[C@H](NC(=O)[C@@H](N)CCC(=O)O)C(=O)N[C@@H](C)C(=O)N[C@H](C(=O)O)[C@@H](C)O. The number of aliphatic carboxylic acids is 2. The fourth-order valence-corrected chi connectivity index (χ4v) is 2.44. The van der Waals surface area contributed by atoms with E-state index in [9.17, 15) is 29.1 Å². The van der Waals surface area contributed by atoms with Crippen LogP contribution >= 0.6 is 0 Å². The number of amides is 3. The van der Waals surface area contributed by atoms with Gasteiger partial charge in [0.1, 0.15) is 12.1 Å². The molecular formula is C18H32N4O8. The summed E-state index contributed by atoms with van der Waals surface area (Å²) in [5.74, 6) is -4.76. The van der Waals surface area contributed by atoms with Crippen LogP contribution in [0, 0.1) is 5.92 Å². The van der Waals surface area contributed by atoms with Crippen molar-refractivity contribution in [1.82, 2.24) is 16.0 Å². The molecule has 12 nitrogen and oxygen atoms in total. The van der Waals surface area contributed by atoms with Crippen molar-refractivity contribution >= 4 is 29.7 Å². The van der Waals surface area contributed by atoms with E-state index in [0.29, 0.717) is 0 Å². The predicted molar refractivity (Wildman–Crippen MR) is 105 cm³/mol. The van der Waals surface area contributed by atoms with Crippen LogP contribution in [-0.4, -0.2) is 75.3 Å². The molecule has 3 amide bonds. The normalized spacial score (nSPS) is 16.0. The zero-order chi connectivity index (χ0) is 23.6. The lowest BCUT2D eigenvalue weighted by Gasteiger charge is -2.25. The predicted octanol–water partition coefficient (Wildman–Crippen LogP) is -1.84. The molecule has 0 saturated carbocycles. The van der Waals surface area contributed by atoms with Crippen LogP contribution in [0.25, 0.3) is 0 Å². The third-order valence-corrected chi connectivity index (χ3v) is 4.14. The van der Waals surface area contributed by atoms with Crippen molar-refractivity contribution in [3.63, 3.8) is 0 Å². The Hall–Kier alpha value is -2.73. The standard InChI is InChI=1S/C18H32N4O8/c1-8(2)7-12(21-16(27)11(19)5-6-13(24)25)17(28)20-9(3)15(26)22-14(10(4)23)18(29)30/h8-12,14,23H,5-7,19H2,1-4H3,(H,20,28)(H,21,27)(H,22,26)(H,24,25)(H,29,30)/t9-,10+,11-,12-,14-/m0/s1. The number of nitrogens with one attached hydrogen (secondary N) is 3. The third-order valence-electron chi connectivity index (χ3n) is 4.14. The number of hydrogen-bond acceptors (Lipinski definition) is 7. The van der Waals surface area contributed by atoms with Crippen molar-refractivity contribution in [2.75, 3.05) is 0 Å². The van der Waals surface area contributed by atoms with Crippen LogP contribution in [0.1, 0.15) is 47.0 Å². The van der Waals surface area contributed by atoms with Crippen molar-refractivity contribution in [3.8, 4) is 0 Å². The summed E-state index contributed by atoms with van der Waals surface area (Å²) in [7, 11) is 0. The number of carboxylic acid groups (broad SMARTS) is 2. The molecule has 0 aromatic heterocycles. The first-order valence-corrected chi connectivity index (χ1v) is 9.55. The summed E-state index contributed by atoms with van der Waals surface area (Å²) in [6.07, 6.45) is -1.54. The molecule has 0 aromatic rings. The lowest BCUT2D eigenvalue weighted by Crippen LogP contribution is -2.57. The third kappa shape index (κ3) is 10.2. The number of aliphatic hydroxyl groups is 1. The zero-order valence-electron chi connectivity index (χ0n) is 17.5. The maximum atomic E-state index is 12.6. The van der Waals surface area contributed by atoms with E-state index in [1.165, 1.54) is 13.8 Å². The van der Waals surface area contributed by atoms with Gasteiger partial charge >= 0.3 is 11.9 Å². The number of carbonyl (C=O) groups excluding carboxylic acids is 3. The molecule has 0 bridgehead atoms. The van der Waals surface area contributed by atoms with Crippen molar-refractivity contribution in [2.45, 2.75) is 77.2 Å². The van der Waals surface area contributed by atoms with Gasteiger partial charge in [0, 0.05) is 6.42 Å². The number of carbonyl (C=O) groups is 5. The van der Waals surface area contributed by atoms with Crippen LogP contribution in [0.3, 0.4) is 0 Å². The summed E-state index contributed by atoms with van der Waals surface area (Å²) in [5.41, 5.74) is 5.66. The lowest BCUT2D eigenvalue weighted by molar-refractivity contribution is -0.145. The maximum absolute atomic E-state index is 12.6. The quantitative estimate of drug-likeness (QED) is 0.174. The minimum Gasteiger partial charge on any atom is -0.481 e. The maximum Gasteiger partial charge on any atom is 0.328 e. The topological polar surface area (TPSA) is 208 Å². The molecule has 0 aromatic carbocycles. The number of rotatable bonds is 13. The van der Waals surface area contributed by atoms with Crippen molar-refractivity contribution in [1.29, 1.82) is 0 Å². The van der Waals surface area contributed by atoms with E-state index in [1.807, 2.05) is 13.8 Å². The molecule has 0 unspecified atom stereocenters. The Morgan fingerprint density at radius 3 is 1.87 bits per heavy atom. The van der Waals surface area contributed by atoms with Gasteiger partial charge in [-0.3, -0.25) is 19.2 Å². The lowest BCUT2D eigenvalue weighted by atomic mass is 10.0. The fraction of sp³-hybridized carbons (Fsp3) is 0.722. The average Bonchev–Trinajstić information content (AvgIpc) is 2.61. The Kier molecular flexibility index (Phi) is 11.6. The molecule has 12 heteroatoms. The Labute approximate surface area is 174 Å². The molecule has 0 aliphatic heterocycles. The van der Waals surface area contributed by atoms with E-state index < -0.39 is 59.9 Å². The van der Waals surface area contributed by atoms with Crippen molar-refractivity contribution in [2.24, 2.45) is 11.7 Å². The minimum absolute atomic E-state index is 0.00736.